The van der Waals surface area contributed by atoms with E-state index in [1.54, 1.807) is 0 Å². The van der Waals surface area contributed by atoms with Crippen LogP contribution >= 0.6 is 11.6 Å². The molecule has 0 aliphatic carbocycles. The molecule has 0 aliphatic rings. The van der Waals surface area contributed by atoms with Crippen LogP contribution < -0.4 is 5.32 Å². The Kier molecular flexibility index (Phi) is 4.53. The van der Waals surface area contributed by atoms with Crippen LogP contribution in [0.1, 0.15) is 19.4 Å². The fourth-order valence-corrected chi connectivity index (χ4v) is 1.91. The molecule has 0 fully saturated rings. The number of benzene rings is 1. The van der Waals surface area contributed by atoms with E-state index in [2.05, 4.69) is 5.32 Å². The van der Waals surface area contributed by atoms with Gasteiger partial charge in [0.1, 0.15) is 0 Å². The van der Waals surface area contributed by atoms with Crippen molar-refractivity contribution in [2.75, 3.05) is 5.32 Å². The van der Waals surface area contributed by atoms with E-state index in [9.17, 15) is 31.1 Å². The molecule has 1 unspecified atom stereocenters. The summed E-state index contributed by atoms with van der Waals surface area (Å²) >= 11 is 5.59. The molecule has 0 radical (unpaired) electrons. The zero-order chi connectivity index (χ0) is 16.6. The molecule has 118 valence electrons. The van der Waals surface area contributed by atoms with Gasteiger partial charge in [0.25, 0.3) is 11.6 Å². The molecule has 1 atom stereocenters. The molecule has 1 rings (SSSR count). The van der Waals surface area contributed by atoms with Crippen molar-refractivity contribution in [3.63, 3.8) is 0 Å². The molecule has 1 aromatic carbocycles. The largest absolute Gasteiger partial charge is 0.432 e. The first-order valence-electron chi connectivity index (χ1n) is 5.52. The lowest BCUT2D eigenvalue weighted by Gasteiger charge is -2.33. The summed E-state index contributed by atoms with van der Waals surface area (Å²) in [7, 11) is 0. The normalized spacial score (nSPS) is 15.5. The van der Waals surface area contributed by atoms with Gasteiger partial charge in [0.05, 0.1) is 10.7 Å². The number of hydrogen-bond acceptors (Lipinski definition) is 1. The maximum Gasteiger partial charge on any atom is 0.432 e. The third kappa shape index (κ3) is 3.25. The molecule has 9 heteroatoms. The van der Waals surface area contributed by atoms with Crippen LogP contribution in [0.25, 0.3) is 0 Å². The van der Waals surface area contributed by atoms with Crippen molar-refractivity contribution in [2.24, 2.45) is 0 Å². The highest BCUT2D eigenvalue weighted by Crippen LogP contribution is 2.52. The highest BCUT2D eigenvalue weighted by molar-refractivity contribution is 6.33. The first-order valence-corrected chi connectivity index (χ1v) is 5.89. The zero-order valence-electron chi connectivity index (χ0n) is 10.8. The predicted octanol–water partition coefficient (Wildman–Crippen LogP) is 4.68. The molecular formula is C12H10ClF6NO. The van der Waals surface area contributed by atoms with Crippen molar-refractivity contribution >= 4 is 23.2 Å². The van der Waals surface area contributed by atoms with E-state index in [1.807, 2.05) is 0 Å². The minimum Gasteiger partial charge on any atom is -0.325 e. The van der Waals surface area contributed by atoms with Crippen molar-refractivity contribution in [1.29, 1.82) is 0 Å². The summed E-state index contributed by atoms with van der Waals surface area (Å²) in [6.45, 7) is 0.940. The molecule has 0 aromatic heterocycles. The number of alkyl halides is 6. The lowest BCUT2D eigenvalue weighted by Crippen LogP contribution is -2.51. The third-order valence-electron chi connectivity index (χ3n) is 2.67. The molecule has 21 heavy (non-hydrogen) atoms. The Morgan fingerprint density at radius 2 is 1.67 bits per heavy atom. The van der Waals surface area contributed by atoms with Crippen LogP contribution in [0.15, 0.2) is 18.2 Å². The summed E-state index contributed by atoms with van der Waals surface area (Å²) < 4.78 is 78.7. The van der Waals surface area contributed by atoms with Crippen molar-refractivity contribution in [3.8, 4) is 0 Å². The van der Waals surface area contributed by atoms with Gasteiger partial charge in [0, 0.05) is 19.4 Å². The fourth-order valence-electron chi connectivity index (χ4n) is 1.69. The van der Waals surface area contributed by atoms with Gasteiger partial charge in [0.2, 0.25) is 5.91 Å². The second-order valence-corrected chi connectivity index (χ2v) is 4.83. The standard InChI is InChI=1S/C12H10ClF6NO/c1-6(21)20-9-4-3-7(5-8(9)13)11(16,10(2,14)15)12(17,18)19/h3-5H,1-2H3,(H,20,21). The van der Waals surface area contributed by atoms with Crippen LogP contribution in [0.2, 0.25) is 5.02 Å². The Labute approximate surface area is 121 Å². The molecule has 1 N–H and O–H groups in total. The smallest absolute Gasteiger partial charge is 0.325 e. The Balaban J connectivity index is 3.42. The van der Waals surface area contributed by atoms with Gasteiger partial charge in [-0.15, -0.1) is 0 Å². The molecule has 0 heterocycles. The second-order valence-electron chi connectivity index (χ2n) is 4.42. The highest BCUT2D eigenvalue weighted by Gasteiger charge is 2.69. The van der Waals surface area contributed by atoms with Crippen molar-refractivity contribution in [3.05, 3.63) is 28.8 Å². The minimum absolute atomic E-state index is 0.114. The van der Waals surface area contributed by atoms with Gasteiger partial charge in [-0.2, -0.15) is 13.2 Å². The molecular weight excluding hydrogens is 324 g/mol. The SMILES string of the molecule is CC(=O)Nc1ccc(C(F)(C(C)(F)F)C(F)(F)F)cc1Cl. The number of rotatable bonds is 3. The second kappa shape index (κ2) is 5.40. The lowest BCUT2D eigenvalue weighted by molar-refractivity contribution is -0.304. The minimum atomic E-state index is -5.84. The van der Waals surface area contributed by atoms with Gasteiger partial charge in [-0.1, -0.05) is 17.7 Å². The number of amides is 1. The van der Waals surface area contributed by atoms with Crippen LogP contribution in [-0.4, -0.2) is 18.0 Å². The van der Waals surface area contributed by atoms with Crippen LogP contribution in [-0.2, 0) is 10.5 Å². The van der Waals surface area contributed by atoms with E-state index in [4.69, 9.17) is 11.6 Å². The number of halogens is 7. The molecule has 1 amide bonds. The van der Waals surface area contributed by atoms with Crippen molar-refractivity contribution in [1.82, 2.24) is 0 Å². The summed E-state index contributed by atoms with van der Waals surface area (Å²) in [4.78, 5) is 10.8. The van der Waals surface area contributed by atoms with Crippen molar-refractivity contribution in [2.45, 2.75) is 31.6 Å². The summed E-state index contributed by atoms with van der Waals surface area (Å²) in [6, 6.07) is 1.74. The quantitative estimate of drug-likeness (QED) is 0.799. The monoisotopic (exact) mass is 333 g/mol. The number of carbonyl (C=O) groups excluding carboxylic acids is 1. The first-order chi connectivity index (χ1) is 9.30. The maximum atomic E-state index is 14.1. The highest BCUT2D eigenvalue weighted by atomic mass is 35.5. The zero-order valence-corrected chi connectivity index (χ0v) is 11.5. The Hall–Kier alpha value is -1.44. The van der Waals surface area contributed by atoms with Gasteiger partial charge in [-0.05, 0) is 12.1 Å². The fraction of sp³-hybridized carbons (Fsp3) is 0.417. The molecule has 0 bridgehead atoms. The number of nitrogens with one attached hydrogen (secondary N) is 1. The molecule has 0 aliphatic heterocycles. The summed E-state index contributed by atoms with van der Waals surface area (Å²) in [6.07, 6.45) is -5.84. The van der Waals surface area contributed by atoms with Crippen molar-refractivity contribution < 1.29 is 31.1 Å². The molecule has 0 saturated heterocycles. The van der Waals surface area contributed by atoms with Gasteiger partial charge in [0.15, 0.2) is 0 Å². The topological polar surface area (TPSA) is 29.1 Å². The van der Waals surface area contributed by atoms with Crippen LogP contribution in [0.3, 0.4) is 0 Å². The molecule has 2 nitrogen and oxygen atoms in total. The Morgan fingerprint density at radius 1 is 1.14 bits per heavy atom. The summed E-state index contributed by atoms with van der Waals surface area (Å²) in [5, 5.41) is 1.68. The Morgan fingerprint density at radius 3 is 2.00 bits per heavy atom. The van der Waals surface area contributed by atoms with Crippen LogP contribution in [0.4, 0.5) is 32.0 Å². The maximum absolute atomic E-state index is 14.1. The molecule has 0 saturated carbocycles. The van der Waals surface area contributed by atoms with E-state index < -0.39 is 34.3 Å². The summed E-state index contributed by atoms with van der Waals surface area (Å²) in [5.74, 6) is -5.29. The van der Waals surface area contributed by atoms with Gasteiger partial charge < -0.3 is 5.32 Å². The number of anilines is 1. The number of carbonyl (C=O) groups is 1. The van der Waals surface area contributed by atoms with Gasteiger partial charge >= 0.3 is 6.18 Å². The van der Waals surface area contributed by atoms with E-state index in [1.165, 1.54) is 0 Å². The van der Waals surface area contributed by atoms with Gasteiger partial charge in [-0.25, -0.2) is 13.2 Å². The predicted molar refractivity (Wildman–Crippen MR) is 65.2 cm³/mol. The summed E-state index contributed by atoms with van der Waals surface area (Å²) in [5.41, 5.74) is -6.35. The lowest BCUT2D eigenvalue weighted by atomic mass is 9.89. The average molecular weight is 334 g/mol. The molecule has 1 aromatic rings. The third-order valence-corrected chi connectivity index (χ3v) is 2.99. The van der Waals surface area contributed by atoms with Gasteiger partial charge in [-0.3, -0.25) is 4.79 Å². The average Bonchev–Trinajstić information content (AvgIpc) is 2.27. The number of hydrogen-bond donors (Lipinski definition) is 1. The van der Waals surface area contributed by atoms with E-state index in [0.29, 0.717) is 12.1 Å². The Bertz CT molecular complexity index is 538. The first kappa shape index (κ1) is 17.6. The van der Waals surface area contributed by atoms with Crippen LogP contribution in [0.5, 0.6) is 0 Å². The van der Waals surface area contributed by atoms with Crippen LogP contribution in [0, 0.1) is 0 Å². The van der Waals surface area contributed by atoms with E-state index in [0.717, 1.165) is 13.0 Å². The van der Waals surface area contributed by atoms with E-state index in [-0.39, 0.29) is 12.6 Å². The molecule has 0 spiro atoms. The van der Waals surface area contributed by atoms with E-state index >= 15 is 0 Å².